The van der Waals surface area contributed by atoms with Crippen molar-refractivity contribution in [3.05, 3.63) is 35.4 Å². The van der Waals surface area contributed by atoms with Crippen molar-refractivity contribution >= 4 is 39.8 Å². The summed E-state index contributed by atoms with van der Waals surface area (Å²) >= 11 is 0. The molecule has 31 heavy (non-hydrogen) atoms. The molecular weight excluding hydrogens is 544 g/mol. The molecule has 0 amide bonds. The highest BCUT2D eigenvalue weighted by molar-refractivity contribution is 14.0. The quantitative estimate of drug-likeness (QED) is 0.332. The van der Waals surface area contributed by atoms with E-state index in [0.29, 0.717) is 44.2 Å². The average molecular weight is 576 g/mol. The third-order valence-electron chi connectivity index (χ3n) is 5.13. The molecule has 0 aromatic heterocycles. The Kier molecular flexibility index (Phi) is 10.1. The summed E-state index contributed by atoms with van der Waals surface area (Å²) in [6.45, 7) is 8.44. The van der Waals surface area contributed by atoms with E-state index < -0.39 is 26.3 Å². The van der Waals surface area contributed by atoms with E-state index in [9.17, 15) is 21.6 Å². The van der Waals surface area contributed by atoms with Crippen LogP contribution in [0.2, 0.25) is 0 Å². The molecule has 0 atom stereocenters. The number of halogens is 4. The van der Waals surface area contributed by atoms with Crippen molar-refractivity contribution in [1.29, 1.82) is 0 Å². The molecule has 1 heterocycles. The number of rotatable bonds is 5. The largest absolute Gasteiger partial charge is 0.416 e. The number of alkyl halides is 3. The van der Waals surface area contributed by atoms with Crippen LogP contribution in [0, 0.1) is 0 Å². The fraction of sp³-hybridized carbons (Fsp3) is 0.650. The zero-order valence-electron chi connectivity index (χ0n) is 18.4. The van der Waals surface area contributed by atoms with Crippen LogP contribution in [0.1, 0.15) is 31.9 Å². The van der Waals surface area contributed by atoms with Gasteiger partial charge in [-0.15, -0.1) is 24.0 Å². The minimum Gasteiger partial charge on any atom is -0.355 e. The molecule has 1 aliphatic rings. The number of piperazine rings is 1. The third kappa shape index (κ3) is 8.08. The van der Waals surface area contributed by atoms with Crippen molar-refractivity contribution in [3.63, 3.8) is 0 Å². The summed E-state index contributed by atoms with van der Waals surface area (Å²) in [6, 6.07) is 5.42. The Morgan fingerprint density at radius 1 is 1.13 bits per heavy atom. The lowest BCUT2D eigenvalue weighted by Gasteiger charge is -2.36. The molecule has 11 heteroatoms. The fourth-order valence-electron chi connectivity index (χ4n) is 3.16. The molecule has 6 nitrogen and oxygen atoms in total. The van der Waals surface area contributed by atoms with Crippen LogP contribution in [-0.4, -0.2) is 74.4 Å². The molecule has 2 rings (SSSR count). The first-order valence-corrected chi connectivity index (χ1v) is 11.5. The van der Waals surface area contributed by atoms with Gasteiger partial charge in [0.2, 0.25) is 0 Å². The number of aliphatic imine (C=N–C) groups is 1. The summed E-state index contributed by atoms with van der Waals surface area (Å²) in [5, 5.41) is 3.11. The van der Waals surface area contributed by atoms with Gasteiger partial charge in [-0.1, -0.05) is 18.2 Å². The molecular formula is C20H32F3IN4O2S. The Morgan fingerprint density at radius 3 is 2.26 bits per heavy atom. The third-order valence-corrected chi connectivity index (χ3v) is 7.74. The first-order valence-electron chi connectivity index (χ1n) is 9.90. The predicted molar refractivity (Wildman–Crippen MR) is 129 cm³/mol. The predicted octanol–water partition coefficient (Wildman–Crippen LogP) is 3.23. The highest BCUT2D eigenvalue weighted by Crippen LogP contribution is 2.29. The number of hydrogen-bond donors (Lipinski definition) is 1. The highest BCUT2D eigenvalue weighted by atomic mass is 127. The van der Waals surface area contributed by atoms with E-state index in [1.165, 1.54) is 12.1 Å². The van der Waals surface area contributed by atoms with E-state index in [1.807, 2.05) is 4.90 Å². The average Bonchev–Trinajstić information content (AvgIpc) is 2.65. The van der Waals surface area contributed by atoms with Crippen LogP contribution in [0.4, 0.5) is 13.2 Å². The molecule has 1 aromatic carbocycles. The summed E-state index contributed by atoms with van der Waals surface area (Å²) in [6.07, 6.45) is -4.34. The molecule has 178 valence electrons. The van der Waals surface area contributed by atoms with Gasteiger partial charge in [0.25, 0.3) is 0 Å². The van der Waals surface area contributed by atoms with Gasteiger partial charge in [-0.3, -0.25) is 9.89 Å². The minimum atomic E-state index is -4.34. The number of nitrogens with one attached hydrogen (secondary N) is 1. The molecule has 1 fully saturated rings. The molecule has 0 saturated carbocycles. The topological polar surface area (TPSA) is 65.0 Å². The van der Waals surface area contributed by atoms with Crippen LogP contribution in [0.5, 0.6) is 0 Å². The normalized spacial score (nSPS) is 16.7. The summed E-state index contributed by atoms with van der Waals surface area (Å²) in [7, 11) is -1.57. The highest BCUT2D eigenvalue weighted by Gasteiger charge is 2.31. The van der Waals surface area contributed by atoms with Crippen LogP contribution in [0.25, 0.3) is 0 Å². The van der Waals surface area contributed by atoms with Crippen molar-refractivity contribution < 1.29 is 21.6 Å². The summed E-state index contributed by atoms with van der Waals surface area (Å²) < 4.78 is 62.3. The van der Waals surface area contributed by atoms with Gasteiger partial charge in [-0.25, -0.2) is 8.42 Å². The van der Waals surface area contributed by atoms with E-state index in [-0.39, 0.29) is 36.3 Å². The molecule has 0 unspecified atom stereocenters. The van der Waals surface area contributed by atoms with Crippen molar-refractivity contribution in [2.24, 2.45) is 4.99 Å². The molecule has 1 N–H and O–H groups in total. The monoisotopic (exact) mass is 576 g/mol. The molecule has 1 saturated heterocycles. The van der Waals surface area contributed by atoms with Gasteiger partial charge in [0.1, 0.15) is 0 Å². The van der Waals surface area contributed by atoms with Crippen molar-refractivity contribution in [2.75, 3.05) is 45.5 Å². The van der Waals surface area contributed by atoms with E-state index in [2.05, 4.69) is 15.2 Å². The molecule has 0 bridgehead atoms. The Labute approximate surface area is 200 Å². The Balaban J connectivity index is 0.00000480. The van der Waals surface area contributed by atoms with Crippen LogP contribution >= 0.6 is 24.0 Å². The zero-order chi connectivity index (χ0) is 22.6. The number of nitrogens with zero attached hydrogens (tertiary/aromatic N) is 3. The van der Waals surface area contributed by atoms with Crippen LogP contribution in [0.3, 0.4) is 0 Å². The lowest BCUT2D eigenvalue weighted by molar-refractivity contribution is -0.137. The Hall–Kier alpha value is -1.08. The molecule has 0 aliphatic carbocycles. The standard InChI is InChI=1S/C20H31F3N4O2S.HI/c1-19(2,3)30(28,29)13-8-25-18(24-4)27-11-9-26(10-12-27)15-16-6-5-7-17(14-16)20(21,22)23;/h5-7,14H,8-13,15H2,1-4H3,(H,24,25);1H. The Morgan fingerprint density at radius 2 is 1.74 bits per heavy atom. The first kappa shape index (κ1) is 28.0. The number of sulfone groups is 1. The SMILES string of the molecule is CN=C(NCCS(=O)(=O)C(C)(C)C)N1CCN(Cc2cccc(C(F)(F)F)c2)CC1.I. The van der Waals surface area contributed by atoms with Gasteiger partial charge in [0.15, 0.2) is 15.8 Å². The van der Waals surface area contributed by atoms with Crippen LogP contribution in [0.15, 0.2) is 29.3 Å². The van der Waals surface area contributed by atoms with E-state index >= 15 is 0 Å². The zero-order valence-corrected chi connectivity index (χ0v) is 21.5. The summed E-state index contributed by atoms with van der Waals surface area (Å²) in [4.78, 5) is 8.37. The van der Waals surface area contributed by atoms with Gasteiger partial charge < -0.3 is 10.2 Å². The number of guanidine groups is 1. The molecule has 0 spiro atoms. The van der Waals surface area contributed by atoms with Crippen LogP contribution < -0.4 is 5.32 Å². The maximum atomic E-state index is 12.9. The molecule has 1 aromatic rings. The van der Waals surface area contributed by atoms with Gasteiger partial charge in [-0.05, 0) is 32.4 Å². The maximum Gasteiger partial charge on any atom is 0.416 e. The second kappa shape index (κ2) is 11.2. The van der Waals surface area contributed by atoms with Crippen molar-refractivity contribution in [3.8, 4) is 0 Å². The lowest BCUT2D eigenvalue weighted by Crippen LogP contribution is -2.52. The number of hydrogen-bond acceptors (Lipinski definition) is 4. The maximum absolute atomic E-state index is 12.9. The summed E-state index contributed by atoms with van der Waals surface area (Å²) in [5.74, 6) is 0.656. The fourth-order valence-corrected chi connectivity index (χ4v) is 4.14. The van der Waals surface area contributed by atoms with E-state index in [4.69, 9.17) is 0 Å². The molecule has 0 radical (unpaired) electrons. The van der Waals surface area contributed by atoms with E-state index in [1.54, 1.807) is 33.9 Å². The van der Waals surface area contributed by atoms with Gasteiger partial charge in [-0.2, -0.15) is 13.2 Å². The summed E-state index contributed by atoms with van der Waals surface area (Å²) in [5.41, 5.74) is 0.00150. The second-order valence-electron chi connectivity index (χ2n) is 8.37. The smallest absolute Gasteiger partial charge is 0.355 e. The number of benzene rings is 1. The van der Waals surface area contributed by atoms with E-state index in [0.717, 1.165) is 6.07 Å². The lowest BCUT2D eigenvalue weighted by atomic mass is 10.1. The first-order chi connectivity index (χ1) is 13.8. The van der Waals surface area contributed by atoms with Crippen molar-refractivity contribution in [1.82, 2.24) is 15.1 Å². The minimum absolute atomic E-state index is 0. The van der Waals surface area contributed by atoms with Gasteiger partial charge in [0, 0.05) is 46.3 Å². The van der Waals surface area contributed by atoms with Crippen molar-refractivity contribution in [2.45, 2.75) is 38.2 Å². The van der Waals surface area contributed by atoms with Gasteiger partial charge in [0.05, 0.1) is 16.1 Å². The van der Waals surface area contributed by atoms with Gasteiger partial charge >= 0.3 is 6.18 Å². The molecule has 1 aliphatic heterocycles. The second-order valence-corrected chi connectivity index (χ2v) is 11.2. The Bertz CT molecular complexity index is 847. The van der Waals surface area contributed by atoms with Crippen LogP contribution in [-0.2, 0) is 22.6 Å².